The summed E-state index contributed by atoms with van der Waals surface area (Å²) in [7, 11) is 0. The maximum atomic E-state index is 13.8. The zero-order valence-corrected chi connectivity index (χ0v) is 13.6. The van der Waals surface area contributed by atoms with Crippen molar-refractivity contribution in [3.05, 3.63) is 48.1 Å². The molecule has 3 aromatic rings. The van der Waals surface area contributed by atoms with Crippen molar-refractivity contribution in [3.8, 4) is 0 Å². The van der Waals surface area contributed by atoms with Crippen LogP contribution in [0.25, 0.3) is 5.65 Å². The smallest absolute Gasteiger partial charge is 0.257 e. The van der Waals surface area contributed by atoms with E-state index in [-0.39, 0.29) is 11.5 Å². The third kappa shape index (κ3) is 2.77. The molecule has 1 saturated heterocycles. The van der Waals surface area contributed by atoms with Crippen molar-refractivity contribution in [1.82, 2.24) is 29.5 Å². The monoisotopic (exact) mass is 341 g/mol. The molecule has 4 heterocycles. The molecule has 0 radical (unpaired) electrons. The van der Waals surface area contributed by atoms with Crippen LogP contribution in [0.3, 0.4) is 0 Å². The van der Waals surface area contributed by atoms with Crippen LogP contribution in [0.1, 0.15) is 16.2 Å². The van der Waals surface area contributed by atoms with E-state index in [1.807, 2.05) is 6.92 Å². The fourth-order valence-corrected chi connectivity index (χ4v) is 2.98. The Kier molecular flexibility index (Phi) is 3.75. The van der Waals surface area contributed by atoms with Gasteiger partial charge in [0, 0.05) is 32.4 Å². The Labute approximate surface area is 142 Å². The second-order valence-corrected chi connectivity index (χ2v) is 5.83. The van der Waals surface area contributed by atoms with Crippen molar-refractivity contribution >= 4 is 17.4 Å². The third-order valence-corrected chi connectivity index (χ3v) is 4.23. The van der Waals surface area contributed by atoms with Gasteiger partial charge in [0.25, 0.3) is 5.91 Å². The fraction of sp³-hybridized carbons (Fsp3) is 0.312. The summed E-state index contributed by atoms with van der Waals surface area (Å²) in [4.78, 5) is 28.4. The van der Waals surface area contributed by atoms with E-state index in [0.717, 1.165) is 12.0 Å². The summed E-state index contributed by atoms with van der Waals surface area (Å²) in [6, 6.07) is 1.41. The van der Waals surface area contributed by atoms with Crippen molar-refractivity contribution in [2.75, 3.05) is 31.1 Å². The molecule has 0 aliphatic carbocycles. The molecule has 4 rings (SSSR count). The Hall–Kier alpha value is -3.10. The molecule has 0 aromatic carbocycles. The van der Waals surface area contributed by atoms with Crippen LogP contribution in [0, 0.1) is 12.7 Å². The predicted molar refractivity (Wildman–Crippen MR) is 87.8 cm³/mol. The minimum absolute atomic E-state index is 0.0547. The highest BCUT2D eigenvalue weighted by atomic mass is 19.1. The summed E-state index contributed by atoms with van der Waals surface area (Å²) in [6.07, 6.45) is 5.88. The van der Waals surface area contributed by atoms with Crippen molar-refractivity contribution in [1.29, 1.82) is 0 Å². The molecule has 8 nitrogen and oxygen atoms in total. The first kappa shape index (κ1) is 15.4. The highest BCUT2D eigenvalue weighted by molar-refractivity contribution is 5.94. The molecule has 1 aliphatic rings. The fourth-order valence-electron chi connectivity index (χ4n) is 2.98. The molecule has 1 aliphatic heterocycles. The molecule has 0 unspecified atom stereocenters. The van der Waals surface area contributed by atoms with Gasteiger partial charge < -0.3 is 9.80 Å². The van der Waals surface area contributed by atoms with Crippen LogP contribution in [-0.4, -0.2) is 61.6 Å². The molecular weight excluding hydrogens is 325 g/mol. The van der Waals surface area contributed by atoms with Gasteiger partial charge in [-0.15, -0.1) is 5.10 Å². The number of carbonyl (C=O) groups is 1. The second-order valence-electron chi connectivity index (χ2n) is 5.83. The molecule has 9 heteroatoms. The normalized spacial score (nSPS) is 15.0. The third-order valence-electron chi connectivity index (χ3n) is 4.23. The van der Waals surface area contributed by atoms with Crippen molar-refractivity contribution < 1.29 is 9.18 Å². The lowest BCUT2D eigenvalue weighted by Crippen LogP contribution is -2.49. The number of anilines is 1. The number of hydrogen-bond acceptors (Lipinski definition) is 6. The van der Waals surface area contributed by atoms with Crippen molar-refractivity contribution in [2.24, 2.45) is 0 Å². The van der Waals surface area contributed by atoms with Crippen molar-refractivity contribution in [2.45, 2.75) is 6.92 Å². The maximum Gasteiger partial charge on any atom is 0.257 e. The number of pyridine rings is 1. The van der Waals surface area contributed by atoms with Crippen LogP contribution in [0.4, 0.5) is 10.2 Å². The lowest BCUT2D eigenvalue weighted by molar-refractivity contribution is 0.0741. The number of rotatable bonds is 2. The Bertz CT molecular complexity index is 933. The average molecular weight is 341 g/mol. The van der Waals surface area contributed by atoms with Gasteiger partial charge in [-0.2, -0.15) is 4.52 Å². The van der Waals surface area contributed by atoms with Crippen LogP contribution < -0.4 is 4.90 Å². The van der Waals surface area contributed by atoms with E-state index in [1.165, 1.54) is 12.3 Å². The van der Waals surface area contributed by atoms with Gasteiger partial charge >= 0.3 is 0 Å². The highest BCUT2D eigenvalue weighted by Gasteiger charge is 2.25. The first-order valence-corrected chi connectivity index (χ1v) is 7.94. The van der Waals surface area contributed by atoms with Crippen LogP contribution in [0.2, 0.25) is 0 Å². The summed E-state index contributed by atoms with van der Waals surface area (Å²) in [6.45, 7) is 4.03. The molecule has 0 spiro atoms. The average Bonchev–Trinajstić information content (AvgIpc) is 3.02. The van der Waals surface area contributed by atoms with E-state index in [1.54, 1.807) is 21.8 Å². The molecule has 0 saturated carbocycles. The summed E-state index contributed by atoms with van der Waals surface area (Å²) >= 11 is 0. The van der Waals surface area contributed by atoms with Gasteiger partial charge in [-0.1, -0.05) is 0 Å². The van der Waals surface area contributed by atoms with Crippen LogP contribution in [0.15, 0.2) is 30.9 Å². The molecular formula is C16H16FN7O. The van der Waals surface area contributed by atoms with E-state index in [2.05, 4.69) is 25.0 Å². The van der Waals surface area contributed by atoms with E-state index >= 15 is 0 Å². The van der Waals surface area contributed by atoms with E-state index in [0.29, 0.717) is 37.7 Å². The summed E-state index contributed by atoms with van der Waals surface area (Å²) in [5.41, 5.74) is 0.742. The Balaban J connectivity index is 1.51. The zero-order valence-electron chi connectivity index (χ0n) is 13.6. The first-order chi connectivity index (χ1) is 12.1. The summed E-state index contributed by atoms with van der Waals surface area (Å²) in [5.74, 6) is 0.603. The number of aromatic nitrogens is 5. The summed E-state index contributed by atoms with van der Waals surface area (Å²) < 4.78 is 15.5. The quantitative estimate of drug-likeness (QED) is 0.690. The number of amides is 1. The molecule has 1 fully saturated rings. The predicted octanol–water partition coefficient (Wildman–Crippen LogP) is 0.929. The summed E-state index contributed by atoms with van der Waals surface area (Å²) in [5, 5.41) is 4.39. The SMILES string of the molecule is Cc1nc2cncc(N3CCN(C(=O)c4ccncc4F)CC3)n2n1. The van der Waals surface area contributed by atoms with Gasteiger partial charge in [-0.05, 0) is 13.0 Å². The maximum absolute atomic E-state index is 13.8. The second kappa shape index (κ2) is 6.08. The Morgan fingerprint density at radius 2 is 1.92 bits per heavy atom. The number of carbonyl (C=O) groups excluding carboxylic acids is 1. The zero-order chi connectivity index (χ0) is 17.4. The van der Waals surface area contributed by atoms with Gasteiger partial charge in [0.05, 0.1) is 24.2 Å². The van der Waals surface area contributed by atoms with E-state index in [9.17, 15) is 9.18 Å². The van der Waals surface area contributed by atoms with Gasteiger partial charge in [-0.25, -0.2) is 9.37 Å². The van der Waals surface area contributed by atoms with Gasteiger partial charge in [0.1, 0.15) is 5.82 Å². The number of nitrogens with zero attached hydrogens (tertiary/aromatic N) is 7. The standard InChI is InChI=1S/C16H16FN7O/c1-11-20-14-9-19-10-15(24(14)21-11)22-4-6-23(7-5-22)16(25)12-2-3-18-8-13(12)17/h2-3,8-10H,4-7H2,1H3. The van der Waals surface area contributed by atoms with E-state index < -0.39 is 5.82 Å². The number of fused-ring (bicyclic) bond motifs is 1. The Morgan fingerprint density at radius 3 is 2.68 bits per heavy atom. The molecule has 25 heavy (non-hydrogen) atoms. The minimum atomic E-state index is -0.595. The lowest BCUT2D eigenvalue weighted by Gasteiger charge is -2.35. The number of hydrogen-bond donors (Lipinski definition) is 0. The first-order valence-electron chi connectivity index (χ1n) is 7.94. The highest BCUT2D eigenvalue weighted by Crippen LogP contribution is 2.18. The lowest BCUT2D eigenvalue weighted by atomic mass is 10.2. The van der Waals surface area contributed by atoms with Gasteiger partial charge in [0.15, 0.2) is 17.3 Å². The molecule has 1 amide bonds. The molecule has 0 atom stereocenters. The van der Waals surface area contributed by atoms with Gasteiger partial charge in [0.2, 0.25) is 0 Å². The van der Waals surface area contributed by atoms with Crippen LogP contribution in [-0.2, 0) is 0 Å². The Morgan fingerprint density at radius 1 is 1.12 bits per heavy atom. The number of halogens is 1. The molecule has 3 aromatic heterocycles. The van der Waals surface area contributed by atoms with Gasteiger partial charge in [-0.3, -0.25) is 14.8 Å². The number of aryl methyl sites for hydroxylation is 1. The minimum Gasteiger partial charge on any atom is -0.352 e. The largest absolute Gasteiger partial charge is 0.352 e. The van der Waals surface area contributed by atoms with E-state index in [4.69, 9.17) is 0 Å². The topological polar surface area (TPSA) is 79.5 Å². The van der Waals surface area contributed by atoms with Crippen molar-refractivity contribution in [3.63, 3.8) is 0 Å². The molecule has 0 N–H and O–H groups in total. The number of piperazine rings is 1. The van der Waals surface area contributed by atoms with Crippen LogP contribution >= 0.6 is 0 Å². The van der Waals surface area contributed by atoms with Crippen LogP contribution in [0.5, 0.6) is 0 Å². The molecule has 128 valence electrons. The molecule has 0 bridgehead atoms.